The van der Waals surface area contributed by atoms with Gasteiger partial charge in [-0.2, -0.15) is 0 Å². The molecule has 0 spiro atoms. The molecule has 0 radical (unpaired) electrons. The zero-order valence-corrected chi connectivity index (χ0v) is 26.6. The molecule has 0 atom stereocenters. The minimum atomic E-state index is 0.106. The second-order valence-corrected chi connectivity index (χ2v) is 12.6. The standard InChI is InChI=1S/C44H33BN2/c1-30-16-13-22-34(32-18-5-3-6-19-32)43(30)46-38-26-11-9-24-36(38)45-37-25-10-12-27-39(37)47(41-29-15-28-40(46)42(41)45)44-31(2)17-14-23-35(44)33-20-7-4-8-21-33/h3-29H,1-2H3. The summed E-state index contributed by atoms with van der Waals surface area (Å²) in [5, 5.41) is 0. The Morgan fingerprint density at radius 1 is 0.362 bits per heavy atom. The summed E-state index contributed by atoms with van der Waals surface area (Å²) in [7, 11) is 0. The van der Waals surface area contributed by atoms with Gasteiger partial charge in [0.15, 0.2) is 0 Å². The molecule has 2 aliphatic rings. The molecule has 0 N–H and O–H groups in total. The first-order valence-electron chi connectivity index (χ1n) is 16.4. The van der Waals surface area contributed by atoms with Crippen LogP contribution < -0.4 is 26.2 Å². The van der Waals surface area contributed by atoms with Crippen LogP contribution in [0.15, 0.2) is 164 Å². The van der Waals surface area contributed by atoms with Crippen molar-refractivity contribution in [1.82, 2.24) is 0 Å². The largest absolute Gasteiger partial charge is 0.311 e. The van der Waals surface area contributed by atoms with E-state index in [1.807, 2.05) is 0 Å². The average molecular weight is 601 g/mol. The van der Waals surface area contributed by atoms with E-state index in [2.05, 4.69) is 187 Å². The zero-order valence-electron chi connectivity index (χ0n) is 26.6. The third kappa shape index (κ3) is 4.20. The van der Waals surface area contributed by atoms with Gasteiger partial charge in [-0.1, -0.05) is 140 Å². The van der Waals surface area contributed by atoms with Crippen molar-refractivity contribution in [3.63, 3.8) is 0 Å². The quantitative estimate of drug-likeness (QED) is 0.186. The van der Waals surface area contributed by atoms with E-state index in [9.17, 15) is 0 Å². The minimum Gasteiger partial charge on any atom is -0.311 e. The fourth-order valence-electron chi connectivity index (χ4n) is 7.93. The molecule has 2 heterocycles. The maximum absolute atomic E-state index is 2.53. The number of hydrogen-bond acceptors (Lipinski definition) is 2. The summed E-state index contributed by atoms with van der Waals surface area (Å²) in [5.74, 6) is 0. The fraction of sp³-hybridized carbons (Fsp3) is 0.0455. The Bertz CT molecular complexity index is 2130. The molecule has 2 aliphatic heterocycles. The Hall–Kier alpha value is -5.80. The molecule has 7 aromatic rings. The highest BCUT2D eigenvalue weighted by Crippen LogP contribution is 2.49. The third-order valence-electron chi connectivity index (χ3n) is 9.90. The maximum Gasteiger partial charge on any atom is 0.252 e. The van der Waals surface area contributed by atoms with E-state index >= 15 is 0 Å². The molecule has 0 aromatic heterocycles. The van der Waals surface area contributed by atoms with Crippen molar-refractivity contribution in [1.29, 1.82) is 0 Å². The van der Waals surface area contributed by atoms with Gasteiger partial charge in [-0.15, -0.1) is 0 Å². The molecule has 0 saturated heterocycles. The summed E-state index contributed by atoms with van der Waals surface area (Å²) < 4.78 is 0. The molecule has 0 amide bonds. The van der Waals surface area contributed by atoms with Crippen LogP contribution in [-0.2, 0) is 0 Å². The van der Waals surface area contributed by atoms with Crippen molar-refractivity contribution in [2.45, 2.75) is 13.8 Å². The summed E-state index contributed by atoms with van der Waals surface area (Å²) in [6.07, 6.45) is 0. The highest BCUT2D eigenvalue weighted by atomic mass is 15.2. The van der Waals surface area contributed by atoms with Gasteiger partial charge in [0.2, 0.25) is 0 Å². The van der Waals surface area contributed by atoms with Gasteiger partial charge in [-0.3, -0.25) is 0 Å². The number of benzene rings is 7. The number of aryl methyl sites for hydroxylation is 2. The van der Waals surface area contributed by atoms with Crippen LogP contribution in [0.4, 0.5) is 34.1 Å². The third-order valence-corrected chi connectivity index (χ3v) is 9.90. The number of rotatable bonds is 4. The molecule has 222 valence electrons. The topological polar surface area (TPSA) is 6.48 Å². The minimum absolute atomic E-state index is 0.106. The first kappa shape index (κ1) is 27.5. The van der Waals surface area contributed by atoms with Crippen LogP contribution >= 0.6 is 0 Å². The molecule has 47 heavy (non-hydrogen) atoms. The monoisotopic (exact) mass is 600 g/mol. The smallest absolute Gasteiger partial charge is 0.252 e. The van der Waals surface area contributed by atoms with Crippen LogP contribution in [0.25, 0.3) is 22.3 Å². The SMILES string of the molecule is Cc1cccc(-c2ccccc2)c1N1c2ccccc2B2c3ccccc3N(c3c(C)cccc3-c3ccccc3)c3cccc1c32. The number of fused-ring (bicyclic) bond motifs is 4. The molecule has 0 saturated carbocycles. The molecule has 0 aliphatic carbocycles. The fourth-order valence-corrected chi connectivity index (χ4v) is 7.93. The lowest BCUT2D eigenvalue weighted by Gasteiger charge is -2.45. The summed E-state index contributed by atoms with van der Waals surface area (Å²) >= 11 is 0. The molecular formula is C44H33BN2. The Labute approximate surface area is 277 Å². The zero-order chi connectivity index (χ0) is 31.5. The molecule has 9 rings (SSSR count). The molecule has 0 unspecified atom stereocenters. The van der Waals surface area contributed by atoms with Crippen LogP contribution in [-0.4, -0.2) is 6.71 Å². The lowest BCUT2D eigenvalue weighted by Crippen LogP contribution is -2.61. The predicted molar refractivity (Wildman–Crippen MR) is 201 cm³/mol. The number of para-hydroxylation sites is 4. The van der Waals surface area contributed by atoms with Gasteiger partial charge < -0.3 is 9.80 Å². The van der Waals surface area contributed by atoms with Gasteiger partial charge in [0.05, 0.1) is 11.4 Å². The van der Waals surface area contributed by atoms with Gasteiger partial charge in [0.1, 0.15) is 0 Å². The first-order chi connectivity index (χ1) is 23.2. The van der Waals surface area contributed by atoms with E-state index in [-0.39, 0.29) is 6.71 Å². The first-order valence-corrected chi connectivity index (χ1v) is 16.4. The van der Waals surface area contributed by atoms with Gasteiger partial charge >= 0.3 is 0 Å². The van der Waals surface area contributed by atoms with E-state index in [0.717, 1.165) is 0 Å². The van der Waals surface area contributed by atoms with Crippen LogP contribution in [0.5, 0.6) is 0 Å². The van der Waals surface area contributed by atoms with E-state index in [1.54, 1.807) is 0 Å². The van der Waals surface area contributed by atoms with Gasteiger partial charge in [0, 0.05) is 33.9 Å². The molecule has 0 fully saturated rings. The van der Waals surface area contributed by atoms with E-state index in [0.29, 0.717) is 0 Å². The number of hydrogen-bond donors (Lipinski definition) is 0. The average Bonchev–Trinajstić information content (AvgIpc) is 3.13. The Morgan fingerprint density at radius 3 is 1.21 bits per heavy atom. The van der Waals surface area contributed by atoms with Crippen LogP contribution in [0.1, 0.15) is 11.1 Å². The van der Waals surface area contributed by atoms with Crippen molar-refractivity contribution >= 4 is 57.2 Å². The molecule has 3 heteroatoms. The second-order valence-electron chi connectivity index (χ2n) is 12.6. The summed E-state index contributed by atoms with van der Waals surface area (Å²) in [5.41, 5.74) is 18.8. The van der Waals surface area contributed by atoms with E-state index < -0.39 is 0 Å². The summed E-state index contributed by atoms with van der Waals surface area (Å²) in [6, 6.07) is 59.9. The van der Waals surface area contributed by atoms with Crippen molar-refractivity contribution in [2.75, 3.05) is 9.80 Å². The molecule has 7 aromatic carbocycles. The second kappa shape index (κ2) is 10.9. The summed E-state index contributed by atoms with van der Waals surface area (Å²) in [6.45, 7) is 4.59. The normalized spacial score (nSPS) is 12.8. The molecular weight excluding hydrogens is 567 g/mol. The maximum atomic E-state index is 2.53. The van der Waals surface area contributed by atoms with Crippen LogP contribution in [0.3, 0.4) is 0 Å². The predicted octanol–water partition coefficient (Wildman–Crippen LogP) is 9.72. The van der Waals surface area contributed by atoms with Gasteiger partial charge in [-0.05, 0) is 76.8 Å². The Kier molecular flexibility index (Phi) is 6.40. The van der Waals surface area contributed by atoms with Crippen LogP contribution in [0.2, 0.25) is 0 Å². The lowest BCUT2D eigenvalue weighted by molar-refractivity contribution is 1.23. The highest BCUT2D eigenvalue weighted by Gasteiger charge is 2.43. The van der Waals surface area contributed by atoms with Crippen molar-refractivity contribution in [3.05, 3.63) is 175 Å². The summed E-state index contributed by atoms with van der Waals surface area (Å²) in [4.78, 5) is 5.06. The van der Waals surface area contributed by atoms with Crippen LogP contribution in [0, 0.1) is 13.8 Å². The van der Waals surface area contributed by atoms with E-state index in [1.165, 1.54) is 83.9 Å². The highest BCUT2D eigenvalue weighted by molar-refractivity contribution is 7.00. The van der Waals surface area contributed by atoms with Gasteiger partial charge in [-0.25, -0.2) is 0 Å². The van der Waals surface area contributed by atoms with E-state index in [4.69, 9.17) is 0 Å². The Morgan fingerprint density at radius 2 is 0.745 bits per heavy atom. The van der Waals surface area contributed by atoms with Crippen molar-refractivity contribution in [3.8, 4) is 22.3 Å². The van der Waals surface area contributed by atoms with Crippen molar-refractivity contribution in [2.24, 2.45) is 0 Å². The number of anilines is 6. The molecule has 2 nitrogen and oxygen atoms in total. The molecule has 0 bridgehead atoms. The lowest BCUT2D eigenvalue weighted by atomic mass is 9.33. The van der Waals surface area contributed by atoms with Gasteiger partial charge in [0.25, 0.3) is 6.71 Å². The number of nitrogens with zero attached hydrogens (tertiary/aromatic N) is 2. The Balaban J connectivity index is 1.37. The van der Waals surface area contributed by atoms with Crippen molar-refractivity contribution < 1.29 is 0 Å².